The van der Waals surface area contributed by atoms with Crippen LogP contribution in [0.3, 0.4) is 0 Å². The summed E-state index contributed by atoms with van der Waals surface area (Å²) in [5.74, 6) is 7.94. The van der Waals surface area contributed by atoms with Gasteiger partial charge in [-0.2, -0.15) is 4.98 Å². The Balaban J connectivity index is 1.66. The molecule has 35 heavy (non-hydrogen) atoms. The van der Waals surface area contributed by atoms with E-state index in [1.54, 1.807) is 14.0 Å². The second-order valence-corrected chi connectivity index (χ2v) is 9.54. The average molecular weight is 474 g/mol. The van der Waals surface area contributed by atoms with Crippen LogP contribution in [0.2, 0.25) is 0 Å². The lowest BCUT2D eigenvalue weighted by atomic mass is 10.0. The van der Waals surface area contributed by atoms with Gasteiger partial charge in [-0.1, -0.05) is 31.0 Å². The zero-order valence-electron chi connectivity index (χ0n) is 20.8. The van der Waals surface area contributed by atoms with Gasteiger partial charge in [0, 0.05) is 33.7 Å². The molecule has 0 N–H and O–H groups in total. The number of nitrogens with zero attached hydrogens (tertiary/aromatic N) is 7. The lowest BCUT2D eigenvalue weighted by molar-refractivity contribution is 0.439. The van der Waals surface area contributed by atoms with Crippen LogP contribution in [0.15, 0.2) is 38.8 Å². The number of aryl methyl sites for hydroxylation is 1. The number of hydrogen-bond acceptors (Lipinski definition) is 6. The summed E-state index contributed by atoms with van der Waals surface area (Å²) in [4.78, 5) is 40.9. The van der Waals surface area contributed by atoms with Gasteiger partial charge in [0.25, 0.3) is 5.56 Å². The van der Waals surface area contributed by atoms with E-state index in [1.807, 2.05) is 40.8 Å². The smallest absolute Gasteiger partial charge is 0.332 e. The van der Waals surface area contributed by atoms with Gasteiger partial charge in [-0.3, -0.25) is 18.5 Å². The van der Waals surface area contributed by atoms with Gasteiger partial charge >= 0.3 is 5.69 Å². The SMILES string of the molecule is CC#CCn1c(N2CCCC(C)C2)nc2c1c(=O)n(CC1=Nc3ccccc3CN1C)c(=O)n2C. The zero-order chi connectivity index (χ0) is 24.7. The Labute approximate surface area is 204 Å². The van der Waals surface area contributed by atoms with E-state index in [1.165, 1.54) is 15.6 Å². The van der Waals surface area contributed by atoms with E-state index < -0.39 is 5.69 Å². The molecule has 0 bridgehead atoms. The first-order valence-electron chi connectivity index (χ1n) is 12.1. The summed E-state index contributed by atoms with van der Waals surface area (Å²) in [6.45, 7) is 6.86. The molecule has 2 aromatic heterocycles. The third-order valence-corrected chi connectivity index (χ3v) is 6.95. The predicted molar refractivity (Wildman–Crippen MR) is 138 cm³/mol. The number of hydrogen-bond donors (Lipinski definition) is 0. The summed E-state index contributed by atoms with van der Waals surface area (Å²) in [5.41, 5.74) is 2.03. The fraction of sp³-hybridized carbons (Fsp3) is 0.462. The maximum Gasteiger partial charge on any atom is 0.332 e. The highest BCUT2D eigenvalue weighted by atomic mass is 16.2. The van der Waals surface area contributed by atoms with Gasteiger partial charge in [-0.05, 0) is 37.3 Å². The van der Waals surface area contributed by atoms with E-state index in [9.17, 15) is 9.59 Å². The molecule has 5 rings (SSSR count). The number of aliphatic imine (C=N–C) groups is 1. The van der Waals surface area contributed by atoms with Crippen molar-refractivity contribution in [2.75, 3.05) is 25.0 Å². The zero-order valence-corrected chi connectivity index (χ0v) is 20.8. The molecule has 0 amide bonds. The van der Waals surface area contributed by atoms with Gasteiger partial charge in [0.2, 0.25) is 5.95 Å². The Morgan fingerprint density at radius 2 is 1.94 bits per heavy atom. The Kier molecular flexibility index (Phi) is 5.97. The van der Waals surface area contributed by atoms with Crippen LogP contribution < -0.4 is 16.1 Å². The first-order chi connectivity index (χ1) is 16.9. The molecule has 0 radical (unpaired) electrons. The fourth-order valence-corrected chi connectivity index (χ4v) is 5.04. The van der Waals surface area contributed by atoms with Crippen LogP contribution in [0, 0.1) is 17.8 Å². The van der Waals surface area contributed by atoms with Gasteiger partial charge in [-0.25, -0.2) is 9.79 Å². The lowest BCUT2D eigenvalue weighted by Crippen LogP contribution is -2.44. The molecule has 1 saturated heterocycles. The normalized spacial score (nSPS) is 17.7. The summed E-state index contributed by atoms with van der Waals surface area (Å²) < 4.78 is 4.62. The highest BCUT2D eigenvalue weighted by Crippen LogP contribution is 2.26. The van der Waals surface area contributed by atoms with E-state index in [4.69, 9.17) is 9.98 Å². The number of imidazole rings is 1. The molecule has 0 spiro atoms. The molecule has 1 atom stereocenters. The van der Waals surface area contributed by atoms with E-state index >= 15 is 0 Å². The number of para-hydroxylation sites is 1. The Bertz CT molecular complexity index is 1500. The molecule has 1 aromatic carbocycles. The third kappa shape index (κ3) is 4.03. The predicted octanol–water partition coefficient (Wildman–Crippen LogP) is 2.33. The maximum absolute atomic E-state index is 13.8. The van der Waals surface area contributed by atoms with Gasteiger partial charge in [-0.15, -0.1) is 5.92 Å². The molecule has 0 saturated carbocycles. The summed E-state index contributed by atoms with van der Waals surface area (Å²) in [7, 11) is 3.60. The van der Waals surface area contributed by atoms with Gasteiger partial charge in [0.15, 0.2) is 11.2 Å². The molecule has 2 aliphatic rings. The Morgan fingerprint density at radius 3 is 2.71 bits per heavy atom. The molecule has 9 heteroatoms. The van der Waals surface area contributed by atoms with Crippen molar-refractivity contribution in [2.24, 2.45) is 18.0 Å². The molecule has 3 aromatic rings. The largest absolute Gasteiger partial charge is 0.357 e. The summed E-state index contributed by atoms with van der Waals surface area (Å²) in [5, 5.41) is 0. The minimum absolute atomic E-state index is 0.0903. The van der Waals surface area contributed by atoms with Crippen LogP contribution in [0.5, 0.6) is 0 Å². The summed E-state index contributed by atoms with van der Waals surface area (Å²) >= 11 is 0. The van der Waals surface area contributed by atoms with Crippen LogP contribution in [0.4, 0.5) is 11.6 Å². The molecule has 2 aliphatic heterocycles. The second kappa shape index (κ2) is 9.10. The van der Waals surface area contributed by atoms with Crippen molar-refractivity contribution in [2.45, 2.75) is 46.3 Å². The van der Waals surface area contributed by atoms with E-state index in [0.717, 1.165) is 30.8 Å². The average Bonchev–Trinajstić information content (AvgIpc) is 3.24. The molecule has 1 unspecified atom stereocenters. The standard InChI is InChI=1S/C26H31N7O2/c1-5-6-14-32-22-23(28-25(32)31-13-9-10-18(2)15-31)30(4)26(35)33(24(22)34)17-21-27-20-12-8-7-11-19(20)16-29(21)3/h7-8,11-12,18H,9-10,13-17H2,1-4H3. The van der Waals surface area contributed by atoms with Crippen LogP contribution in [-0.2, 0) is 26.7 Å². The third-order valence-electron chi connectivity index (χ3n) is 6.95. The van der Waals surface area contributed by atoms with Crippen LogP contribution in [0.25, 0.3) is 11.2 Å². The lowest BCUT2D eigenvalue weighted by Gasteiger charge is -2.31. The Hall–Kier alpha value is -3.80. The van der Waals surface area contributed by atoms with Crippen LogP contribution in [0.1, 0.15) is 32.3 Å². The number of anilines is 1. The number of likely N-dealkylation sites (N-methyl/N-ethyl adjacent to an activating group) is 1. The van der Waals surface area contributed by atoms with Gasteiger partial charge in [0.05, 0.1) is 18.8 Å². The Morgan fingerprint density at radius 1 is 1.14 bits per heavy atom. The van der Waals surface area contributed by atoms with E-state index in [0.29, 0.717) is 42.0 Å². The minimum Gasteiger partial charge on any atom is -0.357 e. The first kappa shape index (κ1) is 23.0. The number of rotatable bonds is 4. The number of piperidine rings is 1. The molecular weight excluding hydrogens is 442 g/mol. The molecule has 0 aliphatic carbocycles. The van der Waals surface area contributed by atoms with Crippen molar-refractivity contribution in [3.05, 3.63) is 50.7 Å². The van der Waals surface area contributed by atoms with Crippen LogP contribution in [-0.4, -0.2) is 49.6 Å². The van der Waals surface area contributed by atoms with E-state index in [2.05, 4.69) is 23.7 Å². The summed E-state index contributed by atoms with van der Waals surface area (Å²) in [6.07, 6.45) is 2.25. The highest BCUT2D eigenvalue weighted by Gasteiger charge is 2.27. The van der Waals surface area contributed by atoms with Crippen molar-refractivity contribution in [1.82, 2.24) is 23.6 Å². The number of fused-ring (bicyclic) bond motifs is 2. The summed E-state index contributed by atoms with van der Waals surface area (Å²) in [6, 6.07) is 7.93. The highest BCUT2D eigenvalue weighted by molar-refractivity contribution is 5.87. The molecule has 9 nitrogen and oxygen atoms in total. The van der Waals surface area contributed by atoms with Crippen LogP contribution >= 0.6 is 0 Å². The second-order valence-electron chi connectivity index (χ2n) is 9.54. The maximum atomic E-state index is 13.8. The number of amidine groups is 1. The van der Waals surface area contributed by atoms with Crippen molar-refractivity contribution < 1.29 is 0 Å². The molecule has 182 valence electrons. The van der Waals surface area contributed by atoms with E-state index in [-0.39, 0.29) is 12.1 Å². The fourth-order valence-electron chi connectivity index (χ4n) is 5.04. The van der Waals surface area contributed by atoms with Gasteiger partial charge < -0.3 is 9.80 Å². The van der Waals surface area contributed by atoms with Gasteiger partial charge in [0.1, 0.15) is 5.84 Å². The molecule has 4 heterocycles. The van der Waals surface area contributed by atoms with Crippen molar-refractivity contribution in [3.8, 4) is 11.8 Å². The van der Waals surface area contributed by atoms with Crippen molar-refractivity contribution >= 4 is 28.6 Å². The molecular formula is C26H31N7O2. The molecule has 1 fully saturated rings. The number of aromatic nitrogens is 4. The minimum atomic E-state index is -0.401. The monoisotopic (exact) mass is 473 g/mol. The number of benzene rings is 1. The van der Waals surface area contributed by atoms with Crippen molar-refractivity contribution in [1.29, 1.82) is 0 Å². The topological polar surface area (TPSA) is 80.7 Å². The first-order valence-corrected chi connectivity index (χ1v) is 12.1. The quantitative estimate of drug-likeness (QED) is 0.544. The van der Waals surface area contributed by atoms with Crippen molar-refractivity contribution in [3.63, 3.8) is 0 Å².